The van der Waals surface area contributed by atoms with Crippen LogP contribution in [0.5, 0.6) is 5.75 Å². The van der Waals surface area contributed by atoms with Gasteiger partial charge in [-0.2, -0.15) is 0 Å². The highest BCUT2D eigenvalue weighted by molar-refractivity contribution is 6.31. The number of ether oxygens (including phenoxy) is 1. The van der Waals surface area contributed by atoms with Crippen molar-refractivity contribution in [3.05, 3.63) is 81.6 Å². The molecule has 2 aromatic rings. The monoisotopic (exact) mass is 723 g/mol. The summed E-state index contributed by atoms with van der Waals surface area (Å²) < 4.78 is 6.29. The van der Waals surface area contributed by atoms with Gasteiger partial charge in [0.1, 0.15) is 11.6 Å². The van der Waals surface area contributed by atoms with Crippen LogP contribution in [0.3, 0.4) is 0 Å². The summed E-state index contributed by atoms with van der Waals surface area (Å²) in [6.45, 7) is 17.1. The largest absolute Gasteiger partial charge is 0.493 e. The van der Waals surface area contributed by atoms with E-state index in [1.807, 2.05) is 54.3 Å². The van der Waals surface area contributed by atoms with E-state index >= 15 is 0 Å². The molecule has 0 bridgehead atoms. The zero-order chi connectivity index (χ0) is 36.5. The smallest absolute Gasteiger partial charge is 0.325 e. The van der Waals surface area contributed by atoms with Crippen LogP contribution in [0.2, 0.25) is 5.02 Å². The molecule has 1 N–H and O–H groups in total. The summed E-state index contributed by atoms with van der Waals surface area (Å²) in [4.78, 5) is 41.4. The third kappa shape index (κ3) is 10.8. The van der Waals surface area contributed by atoms with Crippen molar-refractivity contribution >= 4 is 41.0 Å². The maximum atomic E-state index is 14.9. The van der Waals surface area contributed by atoms with Gasteiger partial charge in [0.25, 0.3) is 0 Å². The maximum Gasteiger partial charge on any atom is 0.325 e. The Morgan fingerprint density at radius 2 is 1.78 bits per heavy atom. The molecule has 0 radical (unpaired) electrons. The van der Waals surface area contributed by atoms with E-state index in [0.29, 0.717) is 59.9 Å². The van der Waals surface area contributed by atoms with Crippen LogP contribution >= 0.6 is 23.2 Å². The molecule has 1 unspecified atom stereocenters. The highest BCUT2D eigenvalue weighted by Gasteiger charge is 2.35. The number of unbranched alkanes of at least 4 members (excludes halogenated alkanes) is 1. The second-order valence-corrected chi connectivity index (χ2v) is 15.8. The van der Waals surface area contributed by atoms with Crippen molar-refractivity contribution in [1.82, 2.24) is 20.1 Å². The number of hydrogen-bond acceptors (Lipinski definition) is 5. The van der Waals surface area contributed by atoms with Gasteiger partial charge in [-0.15, -0.1) is 0 Å². The number of nitrogens with one attached hydrogen (secondary N) is 1. The van der Waals surface area contributed by atoms with E-state index in [0.717, 1.165) is 43.4 Å². The molecule has 0 spiro atoms. The zero-order valence-electron chi connectivity index (χ0n) is 30.9. The fourth-order valence-corrected chi connectivity index (χ4v) is 6.56. The van der Waals surface area contributed by atoms with Crippen molar-refractivity contribution in [3.8, 4) is 5.75 Å². The molecule has 1 aromatic heterocycles. The fourth-order valence-electron chi connectivity index (χ4n) is 6.27. The van der Waals surface area contributed by atoms with Crippen molar-refractivity contribution < 1.29 is 14.3 Å². The zero-order valence-corrected chi connectivity index (χ0v) is 32.4. The summed E-state index contributed by atoms with van der Waals surface area (Å²) in [5, 5.41) is 4.38. The van der Waals surface area contributed by atoms with E-state index in [4.69, 9.17) is 37.9 Å². The van der Waals surface area contributed by atoms with E-state index in [2.05, 4.69) is 52.9 Å². The molecule has 2 aliphatic rings. The number of aromatic nitrogens is 1. The number of hydrogen-bond donors (Lipinski definition) is 1. The lowest BCUT2D eigenvalue weighted by molar-refractivity contribution is -0.122. The molecule has 50 heavy (non-hydrogen) atoms. The number of rotatable bonds is 12. The van der Waals surface area contributed by atoms with E-state index < -0.39 is 5.54 Å². The summed E-state index contributed by atoms with van der Waals surface area (Å²) >= 11 is 12.6. The summed E-state index contributed by atoms with van der Waals surface area (Å²) in [5.41, 5.74) is 1.62. The molecule has 1 saturated heterocycles. The van der Waals surface area contributed by atoms with Crippen LogP contribution in [0.25, 0.3) is 0 Å². The van der Waals surface area contributed by atoms with Crippen molar-refractivity contribution in [2.75, 3.05) is 26.2 Å². The van der Waals surface area contributed by atoms with Crippen LogP contribution in [-0.4, -0.2) is 64.3 Å². The first-order chi connectivity index (χ1) is 23.7. The predicted octanol–water partition coefficient (Wildman–Crippen LogP) is 9.30. The number of amides is 3. The third-order valence-electron chi connectivity index (χ3n) is 9.48. The molecule has 8 nitrogen and oxygen atoms in total. The van der Waals surface area contributed by atoms with Gasteiger partial charge < -0.3 is 15.0 Å². The van der Waals surface area contributed by atoms with Crippen molar-refractivity contribution in [2.24, 2.45) is 16.8 Å². The third-order valence-corrected chi connectivity index (χ3v) is 10.0. The highest BCUT2D eigenvalue weighted by Crippen LogP contribution is 2.35. The Kier molecular flexibility index (Phi) is 14.0. The lowest BCUT2D eigenvalue weighted by Crippen LogP contribution is -2.50. The number of amidine groups is 1. The number of piperidine rings is 1. The van der Waals surface area contributed by atoms with Gasteiger partial charge in [-0.05, 0) is 76.1 Å². The number of nitrogens with zero attached hydrogens (tertiary/aromatic N) is 4. The quantitative estimate of drug-likeness (QED) is 0.134. The fraction of sp³-hybridized carbons (Fsp3) is 0.550. The average Bonchev–Trinajstić information content (AvgIpc) is 3.07. The number of pyridine rings is 1. The number of aliphatic imine (C=N–C) groups is 1. The lowest BCUT2D eigenvalue weighted by Gasteiger charge is -2.38. The Labute approximate surface area is 309 Å². The number of likely N-dealkylation sites (tertiary alicyclic amines) is 1. The Balaban J connectivity index is 1.77. The standard InChI is InChI=1S/C40H55Cl2N5O3/c1-8-10-21-43-36(48)24-28-19-22-46(23-20-28)38(49)47(27-29-11-15-31(41)16-12-29)37(45-40(6,7)30-13-17-32(42)18-14-30)33-26-44-35(39(3,4)5)25-34(33)50-9-2/h11-13,15-18,25-26,28,30H,8-10,14,19-24,27H2,1-7H3,(H,43,48)/b45-37-. The minimum Gasteiger partial charge on any atom is -0.493 e. The minimum atomic E-state index is -0.622. The first-order valence-corrected chi connectivity index (χ1v) is 18.8. The maximum absolute atomic E-state index is 14.9. The number of benzene rings is 1. The molecule has 4 rings (SSSR count). The first-order valence-electron chi connectivity index (χ1n) is 18.1. The summed E-state index contributed by atoms with van der Waals surface area (Å²) in [7, 11) is 0. The Morgan fingerprint density at radius 3 is 2.38 bits per heavy atom. The van der Waals surface area contributed by atoms with Crippen LogP contribution in [-0.2, 0) is 16.8 Å². The van der Waals surface area contributed by atoms with Crippen molar-refractivity contribution in [1.29, 1.82) is 0 Å². The van der Waals surface area contributed by atoms with Gasteiger partial charge in [0, 0.05) is 65.4 Å². The topological polar surface area (TPSA) is 87.1 Å². The van der Waals surface area contributed by atoms with E-state index in [1.54, 1.807) is 11.1 Å². The number of halogens is 2. The summed E-state index contributed by atoms with van der Waals surface area (Å²) in [6, 6.07) is 9.39. The van der Waals surface area contributed by atoms with Crippen LogP contribution in [0.1, 0.15) is 104 Å². The highest BCUT2D eigenvalue weighted by atomic mass is 35.5. The SMILES string of the molecule is CCCCNC(=O)CC1CCN(C(=O)N(Cc2ccc(Cl)cc2)/C(=N\C(C)(C)C2C=CC(Cl)=CC2)c2cnc(C(C)(C)C)cc2OCC)CC1. The van der Waals surface area contributed by atoms with E-state index in [-0.39, 0.29) is 35.7 Å². The number of urea groups is 1. The molecule has 0 saturated carbocycles. The van der Waals surface area contributed by atoms with Crippen LogP contribution < -0.4 is 10.1 Å². The van der Waals surface area contributed by atoms with Gasteiger partial charge in [0.05, 0.1) is 24.3 Å². The van der Waals surface area contributed by atoms with Crippen molar-refractivity contribution in [3.63, 3.8) is 0 Å². The second-order valence-electron chi connectivity index (χ2n) is 15.0. The minimum absolute atomic E-state index is 0.0454. The summed E-state index contributed by atoms with van der Waals surface area (Å²) in [5.74, 6) is 1.49. The molecular formula is C40H55Cl2N5O3. The van der Waals surface area contributed by atoms with E-state index in [9.17, 15) is 9.59 Å². The predicted molar refractivity (Wildman–Crippen MR) is 205 cm³/mol. The van der Waals surface area contributed by atoms with Gasteiger partial charge in [0.2, 0.25) is 5.91 Å². The molecule has 3 amide bonds. The summed E-state index contributed by atoms with van der Waals surface area (Å²) in [6.07, 6.45) is 12.6. The molecule has 1 aliphatic heterocycles. The lowest BCUT2D eigenvalue weighted by atomic mass is 9.83. The van der Waals surface area contributed by atoms with Gasteiger partial charge in [-0.1, -0.05) is 81.6 Å². The normalized spacial score (nSPS) is 17.4. The molecule has 1 fully saturated rings. The van der Waals surface area contributed by atoms with Gasteiger partial charge in [-0.25, -0.2) is 4.79 Å². The number of carbonyl (C=O) groups is 2. The molecule has 272 valence electrons. The van der Waals surface area contributed by atoms with Crippen LogP contribution in [0, 0.1) is 11.8 Å². The molecule has 1 atom stereocenters. The van der Waals surface area contributed by atoms with Crippen LogP contribution in [0.4, 0.5) is 4.79 Å². The molecule has 1 aromatic carbocycles. The first kappa shape index (κ1) is 39.4. The van der Waals surface area contributed by atoms with E-state index in [1.165, 1.54) is 0 Å². The molecule has 2 heterocycles. The Bertz CT molecular complexity index is 1550. The van der Waals surface area contributed by atoms with Gasteiger partial charge in [0.15, 0.2) is 0 Å². The van der Waals surface area contributed by atoms with Crippen molar-refractivity contribution in [2.45, 2.75) is 104 Å². The molecule has 1 aliphatic carbocycles. The second kappa shape index (κ2) is 17.7. The average molecular weight is 725 g/mol. The van der Waals surface area contributed by atoms with Gasteiger partial charge in [-0.3, -0.25) is 19.7 Å². The number of carbonyl (C=O) groups excluding carboxylic acids is 2. The molecule has 10 heteroatoms. The van der Waals surface area contributed by atoms with Crippen LogP contribution in [0.15, 0.2) is 64.8 Å². The molecular weight excluding hydrogens is 669 g/mol. The number of allylic oxidation sites excluding steroid dienone is 3. The van der Waals surface area contributed by atoms with Gasteiger partial charge >= 0.3 is 6.03 Å². The Morgan fingerprint density at radius 1 is 1.08 bits per heavy atom. The Hall–Kier alpha value is -3.36.